The van der Waals surface area contributed by atoms with E-state index in [1.165, 1.54) is 0 Å². The Labute approximate surface area is 88.8 Å². The third kappa shape index (κ3) is 2.74. The predicted octanol–water partition coefficient (Wildman–Crippen LogP) is 3.19. The molecule has 0 saturated carbocycles. The number of aldehydes is 1. The van der Waals surface area contributed by atoms with Crippen LogP contribution in [0.5, 0.6) is 5.75 Å². The second kappa shape index (κ2) is 5.01. The van der Waals surface area contributed by atoms with Crippen molar-refractivity contribution in [1.29, 1.82) is 0 Å². The molecule has 0 aliphatic carbocycles. The molecule has 1 rings (SSSR count). The summed E-state index contributed by atoms with van der Waals surface area (Å²) in [6.45, 7) is 4.64. The van der Waals surface area contributed by atoms with Crippen LogP contribution in [0.4, 0.5) is 0 Å². The van der Waals surface area contributed by atoms with Crippen LogP contribution in [0.2, 0.25) is 5.02 Å². The summed E-state index contributed by atoms with van der Waals surface area (Å²) in [5.41, 5.74) is 0.498. The molecule has 0 aliphatic heterocycles. The topological polar surface area (TPSA) is 26.3 Å². The molecule has 0 aromatic heterocycles. The Hall–Kier alpha value is -1.02. The summed E-state index contributed by atoms with van der Waals surface area (Å²) in [5.74, 6) is 0.892. The van der Waals surface area contributed by atoms with E-state index in [0.717, 1.165) is 6.29 Å². The molecule has 0 saturated heterocycles. The first kappa shape index (κ1) is 11.1. The summed E-state index contributed by atoms with van der Waals surface area (Å²) in [6, 6.07) is 5.13. The van der Waals surface area contributed by atoms with Gasteiger partial charge in [-0.15, -0.1) is 0 Å². The lowest BCUT2D eigenvalue weighted by Crippen LogP contribution is -2.06. The molecular formula is C11H13ClO2. The van der Waals surface area contributed by atoms with Crippen molar-refractivity contribution in [3.63, 3.8) is 0 Å². The van der Waals surface area contributed by atoms with Gasteiger partial charge in [0.25, 0.3) is 0 Å². The lowest BCUT2D eigenvalue weighted by atomic mass is 10.2. The Morgan fingerprint density at radius 2 is 2.21 bits per heavy atom. The average molecular weight is 213 g/mol. The van der Waals surface area contributed by atoms with E-state index < -0.39 is 0 Å². The van der Waals surface area contributed by atoms with Crippen LogP contribution in [-0.4, -0.2) is 12.9 Å². The van der Waals surface area contributed by atoms with Crippen molar-refractivity contribution in [3.8, 4) is 5.75 Å². The summed E-state index contributed by atoms with van der Waals surface area (Å²) in [5, 5.41) is 0.482. The molecular weight excluding hydrogens is 200 g/mol. The first-order valence-corrected chi connectivity index (χ1v) is 4.89. The van der Waals surface area contributed by atoms with Gasteiger partial charge in [0.1, 0.15) is 5.75 Å². The Morgan fingerprint density at radius 1 is 1.50 bits per heavy atom. The summed E-state index contributed by atoms with van der Waals surface area (Å²) in [6.07, 6.45) is 0.752. The van der Waals surface area contributed by atoms with Gasteiger partial charge < -0.3 is 4.74 Å². The third-order valence-corrected chi connectivity index (χ3v) is 1.98. The number of benzene rings is 1. The molecule has 0 radical (unpaired) electrons. The van der Waals surface area contributed by atoms with Crippen molar-refractivity contribution >= 4 is 17.9 Å². The largest absolute Gasteiger partial charge is 0.491 e. The van der Waals surface area contributed by atoms with Crippen molar-refractivity contribution < 1.29 is 9.53 Å². The molecule has 0 amide bonds. The maximum atomic E-state index is 10.7. The van der Waals surface area contributed by atoms with Crippen molar-refractivity contribution in [2.24, 2.45) is 5.92 Å². The molecule has 0 N–H and O–H groups in total. The number of ether oxygens (including phenoxy) is 1. The molecule has 0 aliphatic rings. The minimum absolute atomic E-state index is 0.408. The van der Waals surface area contributed by atoms with Gasteiger partial charge in [0, 0.05) is 0 Å². The van der Waals surface area contributed by atoms with E-state index in [2.05, 4.69) is 0 Å². The van der Waals surface area contributed by atoms with Gasteiger partial charge in [-0.25, -0.2) is 0 Å². The van der Waals surface area contributed by atoms with Crippen LogP contribution in [0.3, 0.4) is 0 Å². The van der Waals surface area contributed by atoms with Crippen LogP contribution < -0.4 is 4.74 Å². The highest BCUT2D eigenvalue weighted by Gasteiger charge is 2.07. The monoisotopic (exact) mass is 212 g/mol. The van der Waals surface area contributed by atoms with Gasteiger partial charge in [-0.1, -0.05) is 31.5 Å². The molecule has 0 heterocycles. The molecule has 3 heteroatoms. The summed E-state index contributed by atoms with van der Waals surface area (Å²) in [7, 11) is 0. The highest BCUT2D eigenvalue weighted by Crippen LogP contribution is 2.27. The predicted molar refractivity (Wildman–Crippen MR) is 57.2 cm³/mol. The first-order chi connectivity index (χ1) is 6.65. The lowest BCUT2D eigenvalue weighted by Gasteiger charge is -2.11. The number of hydrogen-bond donors (Lipinski definition) is 0. The molecule has 0 atom stereocenters. The highest BCUT2D eigenvalue weighted by atomic mass is 35.5. The second-order valence-corrected chi connectivity index (χ2v) is 3.89. The number of halogens is 1. The summed E-state index contributed by atoms with van der Waals surface area (Å²) < 4.78 is 5.46. The molecule has 0 bridgehead atoms. The van der Waals surface area contributed by atoms with Crippen LogP contribution in [0.15, 0.2) is 18.2 Å². The first-order valence-electron chi connectivity index (χ1n) is 4.51. The Morgan fingerprint density at radius 3 is 2.79 bits per heavy atom. The normalized spacial score (nSPS) is 10.3. The number of rotatable bonds is 4. The minimum Gasteiger partial charge on any atom is -0.491 e. The molecule has 0 fully saturated rings. The zero-order chi connectivity index (χ0) is 10.6. The fourth-order valence-corrected chi connectivity index (χ4v) is 1.26. The zero-order valence-electron chi connectivity index (χ0n) is 8.29. The van der Waals surface area contributed by atoms with E-state index in [-0.39, 0.29) is 0 Å². The summed E-state index contributed by atoms with van der Waals surface area (Å²) in [4.78, 5) is 10.7. The zero-order valence-corrected chi connectivity index (χ0v) is 9.04. The van der Waals surface area contributed by atoms with Gasteiger partial charge in [0.2, 0.25) is 0 Å². The maximum absolute atomic E-state index is 10.7. The Bertz CT molecular complexity index is 321. The maximum Gasteiger partial charge on any atom is 0.153 e. The number of carbonyl (C=O) groups excluding carboxylic acids is 1. The van der Waals surface area contributed by atoms with Crippen molar-refractivity contribution in [1.82, 2.24) is 0 Å². The van der Waals surface area contributed by atoms with E-state index in [1.54, 1.807) is 18.2 Å². The molecule has 0 spiro atoms. The number of carbonyl (C=O) groups is 1. The van der Waals surface area contributed by atoms with Crippen LogP contribution in [0.1, 0.15) is 24.2 Å². The van der Waals surface area contributed by atoms with Gasteiger partial charge >= 0.3 is 0 Å². The molecule has 2 nitrogen and oxygen atoms in total. The van der Waals surface area contributed by atoms with Crippen molar-refractivity contribution in [2.75, 3.05) is 6.61 Å². The van der Waals surface area contributed by atoms with Crippen molar-refractivity contribution in [2.45, 2.75) is 13.8 Å². The van der Waals surface area contributed by atoms with Crippen LogP contribution in [-0.2, 0) is 0 Å². The molecule has 1 aromatic carbocycles. The fraction of sp³-hybridized carbons (Fsp3) is 0.364. The summed E-state index contributed by atoms with van der Waals surface area (Å²) >= 11 is 5.91. The van der Waals surface area contributed by atoms with Crippen LogP contribution >= 0.6 is 11.6 Å². The van der Waals surface area contributed by atoms with Crippen LogP contribution in [0, 0.1) is 5.92 Å². The third-order valence-electron chi connectivity index (χ3n) is 1.69. The van der Waals surface area contributed by atoms with Gasteiger partial charge in [-0.2, -0.15) is 0 Å². The Kier molecular flexibility index (Phi) is 3.96. The van der Waals surface area contributed by atoms with E-state index in [9.17, 15) is 4.79 Å². The lowest BCUT2D eigenvalue weighted by molar-refractivity contribution is 0.111. The van der Waals surface area contributed by atoms with Crippen LogP contribution in [0.25, 0.3) is 0 Å². The minimum atomic E-state index is 0.408. The Balaban J connectivity index is 2.87. The highest BCUT2D eigenvalue weighted by molar-refractivity contribution is 6.32. The van der Waals surface area contributed by atoms with Gasteiger partial charge in [0.15, 0.2) is 6.29 Å². The van der Waals surface area contributed by atoms with E-state index >= 15 is 0 Å². The van der Waals surface area contributed by atoms with E-state index in [0.29, 0.717) is 28.9 Å². The fourth-order valence-electron chi connectivity index (χ4n) is 1.02. The quantitative estimate of drug-likeness (QED) is 0.717. The number of para-hydroxylation sites is 1. The van der Waals surface area contributed by atoms with Gasteiger partial charge in [0.05, 0.1) is 17.2 Å². The average Bonchev–Trinajstić information content (AvgIpc) is 2.15. The van der Waals surface area contributed by atoms with Gasteiger partial charge in [-0.05, 0) is 18.1 Å². The van der Waals surface area contributed by atoms with Crippen molar-refractivity contribution in [3.05, 3.63) is 28.8 Å². The van der Waals surface area contributed by atoms with E-state index in [4.69, 9.17) is 16.3 Å². The SMILES string of the molecule is CC(C)COc1c(Cl)cccc1C=O. The molecule has 1 aromatic rings. The molecule has 14 heavy (non-hydrogen) atoms. The van der Waals surface area contributed by atoms with E-state index in [1.807, 2.05) is 13.8 Å². The molecule has 0 unspecified atom stereocenters. The van der Waals surface area contributed by atoms with Gasteiger partial charge in [-0.3, -0.25) is 4.79 Å². The standard InChI is InChI=1S/C11H13ClO2/c1-8(2)7-14-11-9(6-13)4-3-5-10(11)12/h3-6,8H,7H2,1-2H3. The molecule has 76 valence electrons. The smallest absolute Gasteiger partial charge is 0.153 e. The second-order valence-electron chi connectivity index (χ2n) is 3.48. The number of hydrogen-bond acceptors (Lipinski definition) is 2.